The fourth-order valence-corrected chi connectivity index (χ4v) is 6.51. The molecular formula is C8H18BSi2-. The van der Waals surface area contributed by atoms with Gasteiger partial charge in [0, 0.05) is 0 Å². The van der Waals surface area contributed by atoms with Gasteiger partial charge in [0.1, 0.15) is 0 Å². The van der Waals surface area contributed by atoms with Gasteiger partial charge in [-0.25, -0.2) is 0 Å². The molecule has 3 heteroatoms. The van der Waals surface area contributed by atoms with E-state index in [4.69, 9.17) is 0 Å². The van der Waals surface area contributed by atoms with Crippen LogP contribution in [-0.2, 0) is 0 Å². The maximum atomic E-state index is 2.46. The van der Waals surface area contributed by atoms with Crippen molar-refractivity contribution in [3.8, 4) is 0 Å². The van der Waals surface area contributed by atoms with E-state index >= 15 is 0 Å². The Kier molecular flexibility index (Phi) is 2.00. The monoisotopic (exact) mass is 181 g/mol. The van der Waals surface area contributed by atoms with Crippen molar-refractivity contribution in [2.75, 3.05) is 0 Å². The molecule has 0 atom stereocenters. The Balaban J connectivity index is 2.62. The first-order valence-corrected chi connectivity index (χ1v) is 11.3. The van der Waals surface area contributed by atoms with Crippen LogP contribution >= 0.6 is 0 Å². The Labute approximate surface area is 72.6 Å². The van der Waals surface area contributed by atoms with Crippen molar-refractivity contribution in [1.29, 1.82) is 0 Å². The van der Waals surface area contributed by atoms with Crippen molar-refractivity contribution in [2.24, 2.45) is 0 Å². The van der Waals surface area contributed by atoms with Gasteiger partial charge in [-0.1, -0.05) is 0 Å². The molecule has 0 saturated heterocycles. The molecule has 0 fully saturated rings. The molecule has 0 radical (unpaired) electrons. The SMILES string of the molecule is C[Si](C)(C)C1=[B-]=C1[Si](C)(C)C. The molecule has 0 spiro atoms. The van der Waals surface area contributed by atoms with Crippen LogP contribution in [0, 0.1) is 0 Å². The van der Waals surface area contributed by atoms with Crippen molar-refractivity contribution in [2.45, 2.75) is 39.3 Å². The van der Waals surface area contributed by atoms with E-state index in [0.29, 0.717) is 0 Å². The van der Waals surface area contributed by atoms with Gasteiger partial charge in [0.15, 0.2) is 0 Å². The Bertz CT molecular complexity index is 222. The maximum absolute atomic E-state index is 2.46. The Morgan fingerprint density at radius 2 is 1.00 bits per heavy atom. The van der Waals surface area contributed by atoms with Crippen LogP contribution in [-0.4, -0.2) is 32.9 Å². The molecule has 0 unspecified atom stereocenters. The van der Waals surface area contributed by atoms with Crippen LogP contribution < -0.4 is 0 Å². The van der Waals surface area contributed by atoms with Crippen LogP contribution in [0.15, 0.2) is 0 Å². The molecule has 0 aliphatic carbocycles. The molecule has 0 bridgehead atoms. The van der Waals surface area contributed by atoms with Gasteiger partial charge in [0.05, 0.1) is 0 Å². The molecule has 0 amide bonds. The van der Waals surface area contributed by atoms with Crippen molar-refractivity contribution in [1.82, 2.24) is 0 Å². The molecular weight excluding hydrogens is 163 g/mol. The summed E-state index contributed by atoms with van der Waals surface area (Å²) >= 11 is 0. The molecule has 0 N–H and O–H groups in total. The topological polar surface area (TPSA) is 0 Å². The summed E-state index contributed by atoms with van der Waals surface area (Å²) in [6, 6.07) is 0. The zero-order valence-corrected chi connectivity index (χ0v) is 10.6. The predicted molar refractivity (Wildman–Crippen MR) is 62.5 cm³/mol. The molecule has 62 valence electrons. The van der Waals surface area contributed by atoms with Crippen LogP contribution in [0.25, 0.3) is 0 Å². The average Bonchev–Trinajstić information content (AvgIpc) is 2.30. The van der Waals surface area contributed by atoms with Gasteiger partial charge in [-0.3, -0.25) is 0 Å². The van der Waals surface area contributed by atoms with E-state index in [0.717, 1.165) is 0 Å². The van der Waals surface area contributed by atoms with Gasteiger partial charge < -0.3 is 0 Å². The first-order chi connectivity index (χ1) is 4.73. The van der Waals surface area contributed by atoms with Gasteiger partial charge in [0.25, 0.3) is 0 Å². The van der Waals surface area contributed by atoms with E-state index in [-0.39, 0.29) is 0 Å². The minimum atomic E-state index is -0.938. The predicted octanol–water partition coefficient (Wildman–Crippen LogP) is 1.80. The molecule has 1 aliphatic heterocycles. The fourth-order valence-electron chi connectivity index (χ4n) is 1.35. The molecule has 0 aromatic rings. The van der Waals surface area contributed by atoms with Crippen molar-refractivity contribution >= 4 is 32.9 Å². The summed E-state index contributed by atoms with van der Waals surface area (Å²) in [6.07, 6.45) is 0. The van der Waals surface area contributed by atoms with Gasteiger partial charge in [-0.05, 0) is 0 Å². The summed E-state index contributed by atoms with van der Waals surface area (Å²) in [7, 11) is -1.88. The average molecular weight is 181 g/mol. The van der Waals surface area contributed by atoms with Crippen molar-refractivity contribution in [3.63, 3.8) is 0 Å². The molecule has 11 heavy (non-hydrogen) atoms. The van der Waals surface area contributed by atoms with E-state index in [1.54, 1.807) is 10.2 Å². The normalized spacial score (nSPS) is 17.6. The van der Waals surface area contributed by atoms with Crippen molar-refractivity contribution in [3.05, 3.63) is 0 Å². The van der Waals surface area contributed by atoms with Crippen LogP contribution in [0.2, 0.25) is 39.3 Å². The number of hydrogen-bond acceptors (Lipinski definition) is 0. The third kappa shape index (κ3) is 2.09. The van der Waals surface area contributed by atoms with E-state index in [9.17, 15) is 0 Å². The molecule has 0 aromatic carbocycles. The summed E-state index contributed by atoms with van der Waals surface area (Å²) in [4.78, 5) is 0. The number of hydrogen-bond donors (Lipinski definition) is 0. The summed E-state index contributed by atoms with van der Waals surface area (Å²) in [5.41, 5.74) is 0. The third-order valence-electron chi connectivity index (χ3n) is 2.11. The second kappa shape index (κ2) is 2.36. The Morgan fingerprint density at radius 1 is 0.727 bits per heavy atom. The number of rotatable bonds is 2. The van der Waals surface area contributed by atoms with E-state index in [1.165, 1.54) is 0 Å². The third-order valence-corrected chi connectivity index (χ3v) is 6.42. The van der Waals surface area contributed by atoms with Gasteiger partial charge >= 0.3 is 72.2 Å². The minimum absolute atomic E-state index is 0.938. The standard InChI is InChI=1S/C8H18BSi2/c1-10(2,3)7-8(9-7)11(4,5)6/h1-6H3/q-1. The fraction of sp³-hybridized carbons (Fsp3) is 0.750. The van der Waals surface area contributed by atoms with Crippen LogP contribution in [0.5, 0.6) is 0 Å². The molecule has 0 nitrogen and oxygen atoms in total. The first kappa shape index (κ1) is 9.33. The van der Waals surface area contributed by atoms with Crippen LogP contribution in [0.4, 0.5) is 0 Å². The molecule has 1 rings (SSSR count). The summed E-state index contributed by atoms with van der Waals surface area (Å²) in [6.45, 7) is 17.1. The second-order valence-corrected chi connectivity index (χ2v) is 15.5. The quantitative estimate of drug-likeness (QED) is 0.570. The first-order valence-electron chi connectivity index (χ1n) is 4.33. The van der Waals surface area contributed by atoms with Crippen LogP contribution in [0.1, 0.15) is 0 Å². The van der Waals surface area contributed by atoms with E-state index < -0.39 is 16.1 Å². The van der Waals surface area contributed by atoms with Gasteiger partial charge in [0.2, 0.25) is 0 Å². The molecule has 0 saturated carbocycles. The molecule has 1 aliphatic rings. The summed E-state index contributed by atoms with van der Waals surface area (Å²) < 4.78 is 0. The Hall–Kier alpha value is 0.239. The Morgan fingerprint density at radius 3 is 1.09 bits per heavy atom. The van der Waals surface area contributed by atoms with Crippen LogP contribution in [0.3, 0.4) is 0 Å². The van der Waals surface area contributed by atoms with Crippen molar-refractivity contribution < 1.29 is 0 Å². The van der Waals surface area contributed by atoms with E-state index in [2.05, 4.69) is 45.8 Å². The van der Waals surface area contributed by atoms with E-state index in [1.807, 2.05) is 0 Å². The molecule has 1 heterocycles. The second-order valence-electron chi connectivity index (χ2n) is 5.47. The molecule has 0 aromatic heterocycles. The van der Waals surface area contributed by atoms with Gasteiger partial charge in [-0.2, -0.15) is 0 Å². The summed E-state index contributed by atoms with van der Waals surface area (Å²) in [5, 5.41) is 3.52. The summed E-state index contributed by atoms with van der Waals surface area (Å²) in [5.74, 6) is 0. The zero-order chi connectivity index (χ0) is 8.86. The zero-order valence-electron chi connectivity index (χ0n) is 8.58. The van der Waals surface area contributed by atoms with Gasteiger partial charge in [-0.15, -0.1) is 0 Å².